The Bertz CT molecular complexity index is 252. The number of nitrogens with one attached hydrogen (secondary N) is 1. The highest BCUT2D eigenvalue weighted by molar-refractivity contribution is 5.26. The molecule has 1 N–H and O–H groups in total. The molecule has 0 atom stereocenters. The van der Waals surface area contributed by atoms with E-state index in [0.717, 1.165) is 11.4 Å². The van der Waals surface area contributed by atoms with Crippen LogP contribution in [-0.2, 0) is 0 Å². The van der Waals surface area contributed by atoms with Gasteiger partial charge in [0.1, 0.15) is 5.69 Å². The summed E-state index contributed by atoms with van der Waals surface area (Å²) in [6.07, 6.45) is 5.14. The van der Waals surface area contributed by atoms with Crippen molar-refractivity contribution in [2.75, 3.05) is 0 Å². The highest BCUT2D eigenvalue weighted by Crippen LogP contribution is 2.10. The summed E-state index contributed by atoms with van der Waals surface area (Å²) in [5.74, 6) is 2.93. The Kier molecular flexibility index (Phi) is 1.77. The lowest BCUT2D eigenvalue weighted by atomic mass is 10.1. The summed E-state index contributed by atoms with van der Waals surface area (Å²) in [4.78, 5) is 0. The van der Waals surface area contributed by atoms with Crippen LogP contribution in [-0.4, -0.2) is 10.2 Å². The molecule has 10 heavy (non-hydrogen) atoms. The topological polar surface area (TPSA) is 28.7 Å². The molecule has 52 valence electrons. The van der Waals surface area contributed by atoms with E-state index < -0.39 is 0 Å². The Morgan fingerprint density at radius 1 is 1.70 bits per heavy atom. The van der Waals surface area contributed by atoms with Crippen LogP contribution >= 0.6 is 0 Å². The third kappa shape index (κ3) is 1.19. The summed E-state index contributed by atoms with van der Waals surface area (Å²) < 4.78 is 0. The monoisotopic (exact) mass is 134 g/mol. The molecular weight excluding hydrogens is 124 g/mol. The SMILES string of the molecule is C#Cc1cc(C(C)C)n[nH]1. The smallest absolute Gasteiger partial charge is 0.107 e. The number of hydrogen-bond donors (Lipinski definition) is 1. The molecule has 0 amide bonds. The summed E-state index contributed by atoms with van der Waals surface area (Å²) in [7, 11) is 0. The Morgan fingerprint density at radius 2 is 2.40 bits per heavy atom. The van der Waals surface area contributed by atoms with Gasteiger partial charge < -0.3 is 0 Å². The summed E-state index contributed by atoms with van der Waals surface area (Å²) in [6, 6.07) is 1.89. The maximum absolute atomic E-state index is 5.14. The van der Waals surface area contributed by atoms with Crippen LogP contribution in [0.3, 0.4) is 0 Å². The van der Waals surface area contributed by atoms with Gasteiger partial charge in [0.15, 0.2) is 0 Å². The molecule has 0 radical (unpaired) electrons. The number of hydrogen-bond acceptors (Lipinski definition) is 1. The summed E-state index contributed by atoms with van der Waals surface area (Å²) in [5, 5.41) is 6.77. The normalized spacial score (nSPS) is 9.80. The van der Waals surface area contributed by atoms with Crippen molar-refractivity contribution in [1.29, 1.82) is 0 Å². The predicted molar refractivity (Wildman–Crippen MR) is 40.6 cm³/mol. The van der Waals surface area contributed by atoms with Crippen molar-refractivity contribution in [2.45, 2.75) is 19.8 Å². The molecule has 0 fully saturated rings. The molecule has 0 bridgehead atoms. The molecule has 0 aliphatic heterocycles. The average Bonchev–Trinajstić information content (AvgIpc) is 2.34. The third-order valence-electron chi connectivity index (χ3n) is 1.34. The number of terminal acetylenes is 1. The minimum Gasteiger partial charge on any atom is -0.270 e. The highest BCUT2D eigenvalue weighted by Gasteiger charge is 2.01. The second-order valence-electron chi connectivity index (χ2n) is 2.51. The molecule has 2 heteroatoms. The minimum absolute atomic E-state index is 0.443. The molecule has 0 aliphatic rings. The molecule has 1 aromatic rings. The predicted octanol–water partition coefficient (Wildman–Crippen LogP) is 1.51. The maximum atomic E-state index is 5.14. The molecule has 0 saturated carbocycles. The molecule has 0 unspecified atom stereocenters. The first kappa shape index (κ1) is 6.88. The van der Waals surface area contributed by atoms with E-state index in [1.807, 2.05) is 6.07 Å². The van der Waals surface area contributed by atoms with Crippen LogP contribution < -0.4 is 0 Å². The van der Waals surface area contributed by atoms with Crippen molar-refractivity contribution >= 4 is 0 Å². The van der Waals surface area contributed by atoms with E-state index >= 15 is 0 Å². The fourth-order valence-electron chi connectivity index (χ4n) is 0.707. The van der Waals surface area contributed by atoms with Gasteiger partial charge in [-0.15, -0.1) is 6.42 Å². The van der Waals surface area contributed by atoms with E-state index in [0.29, 0.717) is 5.92 Å². The number of rotatable bonds is 1. The number of aromatic amines is 1. The molecule has 0 aliphatic carbocycles. The standard InChI is InChI=1S/C8H10N2/c1-4-7-5-8(6(2)3)10-9-7/h1,5-6H,2-3H3,(H,9,10). The van der Waals surface area contributed by atoms with E-state index in [4.69, 9.17) is 6.42 Å². The molecule has 0 saturated heterocycles. The fraction of sp³-hybridized carbons (Fsp3) is 0.375. The Balaban J connectivity index is 2.91. The number of H-pyrrole nitrogens is 1. The number of aromatic nitrogens is 2. The Labute approximate surface area is 60.7 Å². The third-order valence-corrected chi connectivity index (χ3v) is 1.34. The van der Waals surface area contributed by atoms with E-state index in [-0.39, 0.29) is 0 Å². The van der Waals surface area contributed by atoms with Crippen molar-refractivity contribution in [3.8, 4) is 12.3 Å². The summed E-state index contributed by atoms with van der Waals surface area (Å²) in [5.41, 5.74) is 1.77. The Morgan fingerprint density at radius 3 is 2.70 bits per heavy atom. The van der Waals surface area contributed by atoms with Gasteiger partial charge in [0.05, 0.1) is 5.69 Å². The van der Waals surface area contributed by atoms with Crippen LogP contribution in [0, 0.1) is 12.3 Å². The lowest BCUT2D eigenvalue weighted by Crippen LogP contribution is -1.85. The van der Waals surface area contributed by atoms with Crippen LogP contribution in [0.2, 0.25) is 0 Å². The molecule has 1 heterocycles. The molecule has 0 aromatic carbocycles. The van der Waals surface area contributed by atoms with E-state index in [1.165, 1.54) is 0 Å². The highest BCUT2D eigenvalue weighted by atomic mass is 15.1. The maximum Gasteiger partial charge on any atom is 0.107 e. The quantitative estimate of drug-likeness (QED) is 0.579. The summed E-state index contributed by atoms with van der Waals surface area (Å²) >= 11 is 0. The molecule has 0 spiro atoms. The second-order valence-corrected chi connectivity index (χ2v) is 2.51. The van der Waals surface area contributed by atoms with E-state index in [9.17, 15) is 0 Å². The van der Waals surface area contributed by atoms with Gasteiger partial charge in [0.25, 0.3) is 0 Å². The van der Waals surface area contributed by atoms with Crippen molar-refractivity contribution < 1.29 is 0 Å². The van der Waals surface area contributed by atoms with Gasteiger partial charge in [-0.25, -0.2) is 0 Å². The largest absolute Gasteiger partial charge is 0.270 e. The Hall–Kier alpha value is -1.23. The van der Waals surface area contributed by atoms with Crippen LogP contribution in [0.4, 0.5) is 0 Å². The van der Waals surface area contributed by atoms with Crippen molar-refractivity contribution in [3.05, 3.63) is 17.5 Å². The van der Waals surface area contributed by atoms with Crippen LogP contribution in [0.25, 0.3) is 0 Å². The van der Waals surface area contributed by atoms with Crippen LogP contribution in [0.15, 0.2) is 6.07 Å². The summed E-state index contributed by atoms with van der Waals surface area (Å²) in [6.45, 7) is 4.16. The van der Waals surface area contributed by atoms with Crippen molar-refractivity contribution in [2.24, 2.45) is 0 Å². The zero-order valence-electron chi connectivity index (χ0n) is 6.18. The van der Waals surface area contributed by atoms with Gasteiger partial charge in [-0.2, -0.15) is 5.10 Å². The molecule has 1 rings (SSSR count). The van der Waals surface area contributed by atoms with E-state index in [1.54, 1.807) is 0 Å². The van der Waals surface area contributed by atoms with Gasteiger partial charge in [-0.1, -0.05) is 19.8 Å². The van der Waals surface area contributed by atoms with Gasteiger partial charge in [-0.3, -0.25) is 5.10 Å². The minimum atomic E-state index is 0.443. The van der Waals surface area contributed by atoms with Crippen molar-refractivity contribution in [3.63, 3.8) is 0 Å². The number of nitrogens with zero attached hydrogens (tertiary/aromatic N) is 1. The van der Waals surface area contributed by atoms with Crippen molar-refractivity contribution in [1.82, 2.24) is 10.2 Å². The first-order valence-electron chi connectivity index (χ1n) is 3.26. The van der Waals surface area contributed by atoms with Gasteiger partial charge in [-0.05, 0) is 12.0 Å². The zero-order chi connectivity index (χ0) is 7.56. The lowest BCUT2D eigenvalue weighted by molar-refractivity contribution is 0.810. The lowest BCUT2D eigenvalue weighted by Gasteiger charge is -1.94. The van der Waals surface area contributed by atoms with Crippen LogP contribution in [0.5, 0.6) is 0 Å². The zero-order valence-corrected chi connectivity index (χ0v) is 6.18. The second kappa shape index (κ2) is 2.57. The van der Waals surface area contributed by atoms with Crippen LogP contribution in [0.1, 0.15) is 31.2 Å². The molecular formula is C8H10N2. The van der Waals surface area contributed by atoms with Gasteiger partial charge in [0.2, 0.25) is 0 Å². The average molecular weight is 134 g/mol. The first-order valence-corrected chi connectivity index (χ1v) is 3.26. The van der Waals surface area contributed by atoms with E-state index in [2.05, 4.69) is 30.0 Å². The van der Waals surface area contributed by atoms with Gasteiger partial charge in [0, 0.05) is 0 Å². The fourth-order valence-corrected chi connectivity index (χ4v) is 0.707. The van der Waals surface area contributed by atoms with Gasteiger partial charge >= 0.3 is 0 Å². The molecule has 2 nitrogen and oxygen atoms in total. The first-order chi connectivity index (χ1) is 4.74. The molecule has 1 aromatic heterocycles.